The Hall–Kier alpha value is -1.39. The van der Waals surface area contributed by atoms with Crippen LogP contribution >= 0.6 is 0 Å². The zero-order valence-electron chi connectivity index (χ0n) is 32.6. The number of allylic oxidation sites excluding steroid dienone is 4. The Balaban J connectivity index is 0. The van der Waals surface area contributed by atoms with E-state index in [0.717, 1.165) is 38.5 Å². The van der Waals surface area contributed by atoms with Gasteiger partial charge in [0.15, 0.2) is 0 Å². The number of nitrogens with zero attached hydrogens (tertiary/aromatic N) is 1. The molecule has 0 aliphatic rings. The highest BCUT2D eigenvalue weighted by atomic mass is 32.3. The number of carbonyl (C=O) groups excluding carboxylic acids is 2. The summed E-state index contributed by atoms with van der Waals surface area (Å²) < 4.78 is 31.6. The summed E-state index contributed by atoms with van der Waals surface area (Å²) in [6.45, 7) is 5.52. The lowest BCUT2D eigenvalue weighted by atomic mass is 9.91. The number of hydrogen-bond donors (Lipinski definition) is 3. The molecule has 0 atom stereocenters. The van der Waals surface area contributed by atoms with Crippen molar-refractivity contribution in [3.8, 4) is 0 Å². The van der Waals surface area contributed by atoms with E-state index >= 15 is 0 Å². The lowest BCUT2D eigenvalue weighted by Gasteiger charge is -2.22. The first-order chi connectivity index (χ1) is 24.1. The molecule has 0 spiro atoms. The fraction of sp³-hybridized carbons (Fsp3) is 0.854. The van der Waals surface area contributed by atoms with Crippen LogP contribution in [0.2, 0.25) is 0 Å². The van der Waals surface area contributed by atoms with Crippen molar-refractivity contribution >= 4 is 22.0 Å². The number of likely N-dealkylation sites (N-methyl/N-ethyl adjacent to an activating group) is 1. The van der Waals surface area contributed by atoms with Crippen LogP contribution in [0, 0.1) is 5.92 Å². The topological polar surface area (TPSA) is 132 Å². The van der Waals surface area contributed by atoms with Crippen molar-refractivity contribution in [2.45, 2.75) is 194 Å². The zero-order valence-corrected chi connectivity index (χ0v) is 33.5. The molecule has 9 heteroatoms. The molecule has 0 aromatic carbocycles. The summed E-state index contributed by atoms with van der Waals surface area (Å²) in [6, 6.07) is 0. The van der Waals surface area contributed by atoms with Crippen LogP contribution < -0.4 is 0 Å². The van der Waals surface area contributed by atoms with Gasteiger partial charge in [0.05, 0.1) is 12.5 Å². The molecule has 0 saturated heterocycles. The maximum Gasteiger partial charge on any atom is 0.394 e. The van der Waals surface area contributed by atoms with E-state index in [9.17, 15) is 14.7 Å². The van der Waals surface area contributed by atoms with Gasteiger partial charge in [-0.05, 0) is 71.3 Å². The predicted molar refractivity (Wildman–Crippen MR) is 211 cm³/mol. The molecule has 0 bridgehead atoms. The number of unbranched alkanes of at least 4 members (excludes halogenated alkanes) is 22. The molecule has 0 radical (unpaired) electrons. The van der Waals surface area contributed by atoms with E-state index < -0.39 is 16.3 Å². The number of rotatable bonds is 36. The van der Waals surface area contributed by atoms with E-state index in [1.807, 2.05) is 11.9 Å². The molecule has 0 heterocycles. The van der Waals surface area contributed by atoms with Gasteiger partial charge >= 0.3 is 10.4 Å². The molecule has 0 amide bonds. The van der Waals surface area contributed by atoms with Gasteiger partial charge in [-0.1, -0.05) is 141 Å². The predicted octanol–water partition coefficient (Wildman–Crippen LogP) is 11.1. The Morgan fingerprint density at radius 3 is 1.12 bits per heavy atom. The molecule has 0 aromatic rings. The van der Waals surface area contributed by atoms with E-state index in [-0.39, 0.29) is 18.2 Å². The van der Waals surface area contributed by atoms with E-state index in [1.54, 1.807) is 0 Å². The molecular formula is C41H79NO7S. The third-order valence-corrected chi connectivity index (χ3v) is 9.12. The first-order valence-electron chi connectivity index (χ1n) is 20.4. The number of ketones is 2. The van der Waals surface area contributed by atoms with Crippen molar-refractivity contribution < 1.29 is 32.2 Å². The molecule has 50 heavy (non-hydrogen) atoms. The summed E-state index contributed by atoms with van der Waals surface area (Å²) >= 11 is 0. The van der Waals surface area contributed by atoms with Crippen molar-refractivity contribution in [1.29, 1.82) is 0 Å². The molecule has 0 fully saturated rings. The van der Waals surface area contributed by atoms with Gasteiger partial charge in [-0.15, -0.1) is 0 Å². The van der Waals surface area contributed by atoms with Crippen molar-refractivity contribution in [3.63, 3.8) is 0 Å². The summed E-state index contributed by atoms with van der Waals surface area (Å²) in [4.78, 5) is 28.1. The van der Waals surface area contributed by atoms with Gasteiger partial charge in [0.25, 0.3) is 0 Å². The minimum absolute atomic E-state index is 0.0497. The van der Waals surface area contributed by atoms with Crippen LogP contribution in [-0.4, -0.2) is 65.8 Å². The lowest BCUT2D eigenvalue weighted by molar-refractivity contribution is -0.133. The second-order valence-corrected chi connectivity index (χ2v) is 15.0. The molecule has 0 saturated carbocycles. The molecule has 3 N–H and O–H groups in total. The Bertz CT molecular complexity index is 860. The van der Waals surface area contributed by atoms with Gasteiger partial charge < -0.3 is 10.0 Å². The fourth-order valence-corrected chi connectivity index (χ4v) is 6.05. The van der Waals surface area contributed by atoms with Gasteiger partial charge in [0.1, 0.15) is 11.6 Å². The highest BCUT2D eigenvalue weighted by Crippen LogP contribution is 2.17. The summed E-state index contributed by atoms with van der Waals surface area (Å²) in [5, 5.41) is 9.31. The van der Waals surface area contributed by atoms with Crippen LogP contribution in [-0.2, 0) is 20.0 Å². The number of aliphatic hydroxyl groups excluding tert-OH is 1. The van der Waals surface area contributed by atoms with Crippen LogP contribution in [0.4, 0.5) is 0 Å². The molecule has 0 aliphatic carbocycles. The van der Waals surface area contributed by atoms with E-state index in [2.05, 4.69) is 38.2 Å². The largest absolute Gasteiger partial charge is 0.395 e. The third kappa shape index (κ3) is 42.8. The minimum Gasteiger partial charge on any atom is -0.395 e. The van der Waals surface area contributed by atoms with Crippen molar-refractivity contribution in [2.75, 3.05) is 26.7 Å². The average molecular weight is 730 g/mol. The van der Waals surface area contributed by atoms with E-state index in [1.165, 1.54) is 128 Å². The number of aliphatic hydroxyl groups is 1. The molecule has 8 nitrogen and oxygen atoms in total. The normalized spacial score (nSPS) is 12.0. The minimum atomic E-state index is -4.67. The van der Waals surface area contributed by atoms with Gasteiger partial charge in [-0.25, -0.2) is 0 Å². The summed E-state index contributed by atoms with van der Waals surface area (Å²) in [5.74, 6) is -0.319. The smallest absolute Gasteiger partial charge is 0.394 e. The summed E-state index contributed by atoms with van der Waals surface area (Å²) in [7, 11) is -2.77. The average Bonchev–Trinajstić information content (AvgIpc) is 3.06. The molecule has 0 rings (SSSR count). The van der Waals surface area contributed by atoms with E-state index in [0.29, 0.717) is 25.9 Å². The standard InChI is InChI=1S/C41H77NO3.H2O4S/c1-4-6-8-10-12-14-16-18-20-22-24-26-28-30-32-34-40(44)39(38-42(3)36-37-43)41(45)35-33-31-29-27-25-23-21-19-17-15-13-11-9-7-5-2;1-5(2,3)4/h18-21,39,43H,4-17,22-38H2,1-3H3;(H2,1,2,3,4)/b20-18-,21-19-;. The Morgan fingerprint density at radius 1 is 0.540 bits per heavy atom. The van der Waals surface area contributed by atoms with Crippen molar-refractivity contribution in [3.05, 3.63) is 24.3 Å². The lowest BCUT2D eigenvalue weighted by Crippen LogP contribution is -2.37. The molecular weight excluding hydrogens is 651 g/mol. The van der Waals surface area contributed by atoms with Crippen LogP contribution in [0.3, 0.4) is 0 Å². The van der Waals surface area contributed by atoms with Crippen molar-refractivity contribution in [1.82, 2.24) is 4.90 Å². The maximum absolute atomic E-state index is 13.1. The van der Waals surface area contributed by atoms with Crippen LogP contribution in [0.1, 0.15) is 194 Å². The van der Waals surface area contributed by atoms with Crippen LogP contribution in [0.15, 0.2) is 24.3 Å². The fourth-order valence-electron chi connectivity index (χ4n) is 6.05. The second kappa shape index (κ2) is 38.8. The van der Waals surface area contributed by atoms with Crippen LogP contribution in [0.25, 0.3) is 0 Å². The van der Waals surface area contributed by atoms with Crippen LogP contribution in [0.5, 0.6) is 0 Å². The van der Waals surface area contributed by atoms with Gasteiger partial charge in [0.2, 0.25) is 0 Å². The highest BCUT2D eigenvalue weighted by Gasteiger charge is 2.26. The van der Waals surface area contributed by atoms with Crippen molar-refractivity contribution in [2.24, 2.45) is 5.92 Å². The third-order valence-electron chi connectivity index (χ3n) is 9.12. The molecule has 0 aliphatic heterocycles. The summed E-state index contributed by atoms with van der Waals surface area (Å²) in [5.41, 5.74) is 0. The van der Waals surface area contributed by atoms with Gasteiger partial charge in [0, 0.05) is 25.9 Å². The first kappa shape index (κ1) is 50.7. The van der Waals surface area contributed by atoms with Gasteiger partial charge in [-0.3, -0.25) is 18.7 Å². The quantitative estimate of drug-likeness (QED) is 0.0251. The monoisotopic (exact) mass is 730 g/mol. The molecule has 296 valence electrons. The zero-order chi connectivity index (χ0) is 37.6. The Kier molecular flexibility index (Phi) is 39.4. The van der Waals surface area contributed by atoms with Gasteiger partial charge in [-0.2, -0.15) is 8.42 Å². The number of carbonyl (C=O) groups is 2. The SMILES string of the molecule is CCCCCCCC/C=C\CCCCCCCC(=O)C(CN(C)CCO)C(=O)CCCCCCC/C=C\CCCCCCCC.O=S(=O)(O)O. The summed E-state index contributed by atoms with van der Waals surface area (Å²) in [6.07, 6.45) is 42.6. The second-order valence-electron chi connectivity index (χ2n) is 14.1. The maximum atomic E-state index is 13.1. The Labute approximate surface area is 308 Å². The molecule has 0 aromatic heterocycles. The Morgan fingerprint density at radius 2 is 0.820 bits per heavy atom. The number of hydrogen-bond acceptors (Lipinski definition) is 6. The van der Waals surface area contributed by atoms with E-state index in [4.69, 9.17) is 17.5 Å². The number of Topliss-reactive ketones (excluding diaryl/α,β-unsaturated/α-hetero) is 2. The highest BCUT2D eigenvalue weighted by molar-refractivity contribution is 7.79. The first-order valence-corrected chi connectivity index (χ1v) is 21.8. The molecule has 0 unspecified atom stereocenters.